The number of carbonyl (C=O) groups is 1. The first-order valence-corrected chi connectivity index (χ1v) is 13.2. The van der Waals surface area contributed by atoms with Crippen LogP contribution in [0.3, 0.4) is 0 Å². The third-order valence-corrected chi connectivity index (χ3v) is 7.50. The van der Waals surface area contributed by atoms with Crippen LogP contribution in [-0.4, -0.2) is 56.0 Å². The van der Waals surface area contributed by atoms with Crippen LogP contribution < -0.4 is 14.8 Å². The molecule has 2 heterocycles. The minimum atomic E-state index is -3.65. The number of aliphatic carboxylic acids is 1. The van der Waals surface area contributed by atoms with Gasteiger partial charge in [-0.1, -0.05) is 13.3 Å². The summed E-state index contributed by atoms with van der Waals surface area (Å²) in [6.07, 6.45) is 7.63. The molecule has 1 aromatic heterocycles. The minimum absolute atomic E-state index is 0.0554. The molecule has 9 heteroatoms. The molecule has 1 aromatic carbocycles. The number of H-pyrrole nitrogens is 1. The third-order valence-electron chi connectivity index (χ3n) is 6.03. The fraction of sp³-hybridized carbons (Fsp3) is 0.609. The molecule has 0 aliphatic carbocycles. The van der Waals surface area contributed by atoms with Crippen molar-refractivity contribution in [2.24, 2.45) is 5.92 Å². The highest BCUT2D eigenvalue weighted by atomic mass is 32.2. The van der Waals surface area contributed by atoms with Gasteiger partial charge in [0.1, 0.15) is 11.8 Å². The van der Waals surface area contributed by atoms with Crippen molar-refractivity contribution in [3.05, 3.63) is 30.0 Å². The summed E-state index contributed by atoms with van der Waals surface area (Å²) in [4.78, 5) is 14.9. The molecule has 0 spiro atoms. The number of carboxylic acid groups (broad SMARTS) is 1. The minimum Gasteiger partial charge on any atom is -0.494 e. The van der Waals surface area contributed by atoms with Gasteiger partial charge in [0.2, 0.25) is 10.0 Å². The zero-order chi connectivity index (χ0) is 23.0. The summed E-state index contributed by atoms with van der Waals surface area (Å²) >= 11 is 0. The first-order valence-electron chi connectivity index (χ1n) is 11.5. The Morgan fingerprint density at radius 3 is 2.78 bits per heavy atom. The zero-order valence-corrected chi connectivity index (χ0v) is 19.5. The zero-order valence-electron chi connectivity index (χ0n) is 18.7. The van der Waals surface area contributed by atoms with E-state index >= 15 is 0 Å². The Bertz CT molecular complexity index is 983. The number of unbranched alkanes of at least 4 members (excludes halogenated alkanes) is 1. The number of piperidine rings is 1. The topological polar surface area (TPSA) is 121 Å². The lowest BCUT2D eigenvalue weighted by atomic mass is 9.93. The van der Waals surface area contributed by atoms with E-state index in [2.05, 4.69) is 15.0 Å². The molecule has 0 bridgehead atoms. The molecule has 178 valence electrons. The molecule has 32 heavy (non-hydrogen) atoms. The Hall–Kier alpha value is -2.10. The van der Waals surface area contributed by atoms with E-state index in [1.54, 1.807) is 6.20 Å². The average Bonchev–Trinajstić information content (AvgIpc) is 3.17. The Kier molecular flexibility index (Phi) is 8.95. The Morgan fingerprint density at radius 1 is 1.28 bits per heavy atom. The van der Waals surface area contributed by atoms with Crippen LogP contribution in [0.15, 0.2) is 24.4 Å². The number of nitrogens with one attached hydrogen (secondary N) is 3. The number of ether oxygens (including phenoxy) is 1. The van der Waals surface area contributed by atoms with E-state index in [9.17, 15) is 18.3 Å². The summed E-state index contributed by atoms with van der Waals surface area (Å²) in [6, 6.07) is 4.48. The predicted octanol–water partition coefficient (Wildman–Crippen LogP) is 3.04. The van der Waals surface area contributed by atoms with Gasteiger partial charge >= 0.3 is 5.97 Å². The van der Waals surface area contributed by atoms with Crippen LogP contribution in [0, 0.1) is 5.92 Å². The first-order chi connectivity index (χ1) is 15.4. The highest BCUT2D eigenvalue weighted by molar-refractivity contribution is 7.89. The number of aromatic nitrogens is 1. The molecule has 1 aliphatic rings. The van der Waals surface area contributed by atoms with Crippen LogP contribution in [0.1, 0.15) is 51.0 Å². The molecule has 0 radical (unpaired) electrons. The van der Waals surface area contributed by atoms with Gasteiger partial charge in [0, 0.05) is 23.5 Å². The first kappa shape index (κ1) is 24.5. The molecule has 1 aliphatic heterocycles. The fourth-order valence-electron chi connectivity index (χ4n) is 4.16. The van der Waals surface area contributed by atoms with Gasteiger partial charge in [0.05, 0.1) is 12.4 Å². The maximum Gasteiger partial charge on any atom is 0.322 e. The summed E-state index contributed by atoms with van der Waals surface area (Å²) in [7, 11) is -3.65. The number of carboxylic acids is 1. The lowest BCUT2D eigenvalue weighted by Crippen LogP contribution is -2.43. The van der Waals surface area contributed by atoms with Crippen molar-refractivity contribution in [2.75, 3.05) is 25.4 Å². The predicted molar refractivity (Wildman–Crippen MR) is 126 cm³/mol. The van der Waals surface area contributed by atoms with Crippen molar-refractivity contribution < 1.29 is 23.1 Å². The summed E-state index contributed by atoms with van der Waals surface area (Å²) in [5.74, 6) is 0.243. The molecule has 1 atom stereocenters. The van der Waals surface area contributed by atoms with E-state index in [0.717, 1.165) is 60.5 Å². The van der Waals surface area contributed by atoms with Gasteiger partial charge < -0.3 is 20.1 Å². The molecular formula is C23H35N3O5S. The molecule has 1 fully saturated rings. The summed E-state index contributed by atoms with van der Waals surface area (Å²) in [6.45, 7) is 4.74. The van der Waals surface area contributed by atoms with Gasteiger partial charge in [-0.3, -0.25) is 4.79 Å². The third kappa shape index (κ3) is 7.21. The molecule has 0 amide bonds. The number of benzene rings is 1. The smallest absolute Gasteiger partial charge is 0.322 e. The van der Waals surface area contributed by atoms with Crippen molar-refractivity contribution in [1.82, 2.24) is 15.0 Å². The molecule has 1 saturated heterocycles. The Morgan fingerprint density at radius 2 is 2.06 bits per heavy atom. The number of sulfonamides is 1. The number of fused-ring (bicyclic) bond motifs is 1. The highest BCUT2D eigenvalue weighted by Crippen LogP contribution is 2.25. The van der Waals surface area contributed by atoms with Crippen LogP contribution in [-0.2, 0) is 21.2 Å². The molecule has 4 N–H and O–H groups in total. The molecule has 0 saturated carbocycles. The van der Waals surface area contributed by atoms with E-state index < -0.39 is 22.0 Å². The summed E-state index contributed by atoms with van der Waals surface area (Å²) in [5, 5.41) is 13.8. The van der Waals surface area contributed by atoms with Crippen LogP contribution in [0.2, 0.25) is 0 Å². The maximum absolute atomic E-state index is 12.2. The molecular weight excluding hydrogens is 430 g/mol. The quantitative estimate of drug-likeness (QED) is 0.338. The van der Waals surface area contributed by atoms with E-state index in [4.69, 9.17) is 4.74 Å². The summed E-state index contributed by atoms with van der Waals surface area (Å²) in [5.41, 5.74) is 1.60. The van der Waals surface area contributed by atoms with Crippen molar-refractivity contribution in [1.29, 1.82) is 0 Å². The average molecular weight is 466 g/mol. The number of aromatic amines is 1. The molecule has 0 unspecified atom stereocenters. The standard InChI is InChI=1S/C23H35N3O5S/c1-2-3-13-32(29,30)26-22(23(27)28)14-18-16-25-21-7-6-19(15-20(18)21)31-12-4-5-17-8-10-24-11-9-17/h6-7,15-17,22,24-26H,2-5,8-14H2,1H3,(H,27,28)/t22-/m0/s1. The van der Waals surface area contributed by atoms with Crippen molar-refractivity contribution in [3.8, 4) is 5.75 Å². The molecule has 3 rings (SSSR count). The van der Waals surface area contributed by atoms with Gasteiger partial charge in [-0.25, -0.2) is 13.1 Å². The lowest BCUT2D eigenvalue weighted by molar-refractivity contribution is -0.138. The number of rotatable bonds is 13. The van der Waals surface area contributed by atoms with Gasteiger partial charge in [-0.2, -0.15) is 0 Å². The highest BCUT2D eigenvalue weighted by Gasteiger charge is 2.25. The second-order valence-electron chi connectivity index (χ2n) is 8.59. The van der Waals surface area contributed by atoms with E-state index in [1.807, 2.05) is 25.1 Å². The van der Waals surface area contributed by atoms with Gasteiger partial charge in [0.15, 0.2) is 0 Å². The van der Waals surface area contributed by atoms with Crippen LogP contribution in [0.5, 0.6) is 5.75 Å². The van der Waals surface area contributed by atoms with Crippen LogP contribution in [0.4, 0.5) is 0 Å². The van der Waals surface area contributed by atoms with Crippen LogP contribution >= 0.6 is 0 Å². The van der Waals surface area contributed by atoms with Crippen molar-refractivity contribution in [3.63, 3.8) is 0 Å². The Balaban J connectivity index is 1.61. The van der Waals surface area contributed by atoms with Crippen molar-refractivity contribution in [2.45, 2.75) is 57.9 Å². The number of hydrogen-bond donors (Lipinski definition) is 4. The fourth-order valence-corrected chi connectivity index (χ4v) is 5.56. The van der Waals surface area contributed by atoms with Gasteiger partial charge in [0.25, 0.3) is 0 Å². The monoisotopic (exact) mass is 465 g/mol. The number of hydrogen-bond acceptors (Lipinski definition) is 5. The normalized spacial score (nSPS) is 16.3. The summed E-state index contributed by atoms with van der Waals surface area (Å²) < 4.78 is 32.7. The molecule has 2 aromatic rings. The van der Waals surface area contributed by atoms with Gasteiger partial charge in [-0.05, 0) is 74.9 Å². The van der Waals surface area contributed by atoms with Crippen LogP contribution in [0.25, 0.3) is 10.9 Å². The van der Waals surface area contributed by atoms with Crippen molar-refractivity contribution >= 4 is 26.9 Å². The second kappa shape index (κ2) is 11.7. The maximum atomic E-state index is 12.2. The SMILES string of the molecule is CCCCS(=O)(=O)N[C@@H](Cc1c[nH]c2ccc(OCCCC3CCNCC3)cc12)C(=O)O. The Labute approximate surface area is 190 Å². The largest absolute Gasteiger partial charge is 0.494 e. The van der Waals surface area contributed by atoms with E-state index in [1.165, 1.54) is 12.8 Å². The van der Waals surface area contributed by atoms with Gasteiger partial charge in [-0.15, -0.1) is 0 Å². The second-order valence-corrected chi connectivity index (χ2v) is 10.5. The lowest BCUT2D eigenvalue weighted by Gasteiger charge is -2.22. The molecule has 8 nitrogen and oxygen atoms in total. The van der Waals surface area contributed by atoms with E-state index in [-0.39, 0.29) is 12.2 Å². The van der Waals surface area contributed by atoms with E-state index in [0.29, 0.717) is 13.0 Å².